The van der Waals surface area contributed by atoms with Gasteiger partial charge < -0.3 is 10.6 Å². The molecule has 4 rings (SSSR count). The Bertz CT molecular complexity index is 1090. The molecule has 0 spiro atoms. The Morgan fingerprint density at radius 2 is 1.87 bits per heavy atom. The van der Waals surface area contributed by atoms with Crippen LogP contribution in [0.25, 0.3) is 0 Å². The van der Waals surface area contributed by atoms with E-state index in [2.05, 4.69) is 15.6 Å². The topological polar surface area (TPSA) is 71.1 Å². The van der Waals surface area contributed by atoms with E-state index in [0.29, 0.717) is 29.1 Å². The molecule has 1 aromatic carbocycles. The van der Waals surface area contributed by atoms with Crippen LogP contribution >= 0.6 is 0 Å². The summed E-state index contributed by atoms with van der Waals surface area (Å²) in [5, 5.41) is 6.16. The van der Waals surface area contributed by atoms with E-state index in [9.17, 15) is 14.0 Å². The Labute approximate surface area is 175 Å². The fraction of sp³-hybridized carbons (Fsp3) is 0.292. The van der Waals surface area contributed by atoms with E-state index in [1.807, 2.05) is 32.9 Å². The van der Waals surface area contributed by atoms with Gasteiger partial charge in [-0.1, -0.05) is 25.1 Å². The maximum atomic E-state index is 13.6. The number of dihydropyridines is 1. The number of hydrogen-bond acceptors (Lipinski definition) is 4. The second-order valence-corrected chi connectivity index (χ2v) is 8.10. The average Bonchev–Trinajstić information content (AvgIpc) is 2.67. The van der Waals surface area contributed by atoms with E-state index >= 15 is 0 Å². The maximum absolute atomic E-state index is 13.6. The van der Waals surface area contributed by atoms with Crippen molar-refractivity contribution >= 4 is 17.5 Å². The number of anilines is 1. The summed E-state index contributed by atoms with van der Waals surface area (Å²) in [6, 6.07) is 11.4. The van der Waals surface area contributed by atoms with Gasteiger partial charge in [-0.2, -0.15) is 0 Å². The van der Waals surface area contributed by atoms with Gasteiger partial charge in [0.1, 0.15) is 11.6 Å². The van der Waals surface area contributed by atoms with Crippen molar-refractivity contribution in [1.29, 1.82) is 0 Å². The van der Waals surface area contributed by atoms with Crippen LogP contribution in [0.2, 0.25) is 0 Å². The number of carbonyl (C=O) groups excluding carboxylic acids is 2. The largest absolute Gasteiger partial charge is 0.362 e. The number of nitrogens with zero attached hydrogens (tertiary/aromatic N) is 1. The van der Waals surface area contributed by atoms with E-state index < -0.39 is 5.92 Å². The Kier molecular flexibility index (Phi) is 5.24. The van der Waals surface area contributed by atoms with Gasteiger partial charge in [0.05, 0.1) is 0 Å². The van der Waals surface area contributed by atoms with Gasteiger partial charge in [-0.05, 0) is 56.0 Å². The fourth-order valence-corrected chi connectivity index (χ4v) is 4.32. The first kappa shape index (κ1) is 20.0. The van der Waals surface area contributed by atoms with Gasteiger partial charge in [-0.25, -0.2) is 9.37 Å². The molecule has 1 aromatic heterocycles. The second-order valence-electron chi connectivity index (χ2n) is 8.10. The highest BCUT2D eigenvalue weighted by atomic mass is 19.1. The molecule has 2 atom stereocenters. The highest BCUT2D eigenvalue weighted by Gasteiger charge is 2.39. The molecular weight excluding hydrogens is 381 g/mol. The molecule has 1 aliphatic heterocycles. The van der Waals surface area contributed by atoms with Crippen molar-refractivity contribution in [2.24, 2.45) is 5.92 Å². The number of allylic oxidation sites excluding steroid dienone is 3. The first-order chi connectivity index (χ1) is 14.3. The molecule has 0 bridgehead atoms. The molecule has 2 heterocycles. The van der Waals surface area contributed by atoms with Crippen LogP contribution in [0.1, 0.15) is 43.9 Å². The number of Topliss-reactive ketones (excluding diaryl/α,β-unsaturated/α-hetero) is 1. The molecule has 2 aliphatic rings. The van der Waals surface area contributed by atoms with E-state index in [1.165, 1.54) is 12.1 Å². The quantitative estimate of drug-likeness (QED) is 0.795. The summed E-state index contributed by atoms with van der Waals surface area (Å²) < 4.78 is 13.6. The predicted octanol–water partition coefficient (Wildman–Crippen LogP) is 4.38. The number of benzene rings is 1. The number of halogens is 1. The van der Waals surface area contributed by atoms with Crippen LogP contribution in [-0.2, 0) is 9.59 Å². The van der Waals surface area contributed by atoms with Crippen LogP contribution in [-0.4, -0.2) is 16.7 Å². The standard InChI is InChI=1S/C24H24FN3O2/c1-13-11-18-23(19(29)12-13)22(16-7-9-17(25)10-8-16)21(15(3)27-18)24(30)28-20-6-4-5-14(2)26-20/h4-10,13,22,27H,11-12H2,1-3H3,(H,26,28,30)/t13-,22+/m0/s1. The van der Waals surface area contributed by atoms with Crippen molar-refractivity contribution in [1.82, 2.24) is 10.3 Å². The molecule has 2 aromatic rings. The zero-order valence-corrected chi connectivity index (χ0v) is 17.3. The van der Waals surface area contributed by atoms with Gasteiger partial charge >= 0.3 is 0 Å². The molecule has 1 aliphatic carbocycles. The van der Waals surface area contributed by atoms with E-state index in [0.717, 1.165) is 23.4 Å². The third kappa shape index (κ3) is 3.77. The first-order valence-corrected chi connectivity index (χ1v) is 10.1. The number of amides is 1. The Morgan fingerprint density at radius 3 is 2.57 bits per heavy atom. The smallest absolute Gasteiger partial charge is 0.255 e. The third-order valence-corrected chi connectivity index (χ3v) is 5.61. The van der Waals surface area contributed by atoms with E-state index in [1.54, 1.807) is 18.2 Å². The lowest BCUT2D eigenvalue weighted by atomic mass is 9.73. The van der Waals surface area contributed by atoms with Gasteiger partial charge in [0, 0.05) is 40.6 Å². The van der Waals surface area contributed by atoms with Gasteiger partial charge in [0.2, 0.25) is 0 Å². The lowest BCUT2D eigenvalue weighted by molar-refractivity contribution is -0.117. The van der Waals surface area contributed by atoms with Crippen LogP contribution < -0.4 is 10.6 Å². The van der Waals surface area contributed by atoms with Gasteiger partial charge in [-0.3, -0.25) is 9.59 Å². The number of hydrogen-bond donors (Lipinski definition) is 2. The lowest BCUT2D eigenvalue weighted by Gasteiger charge is -2.36. The van der Waals surface area contributed by atoms with Crippen molar-refractivity contribution in [2.75, 3.05) is 5.32 Å². The molecule has 0 saturated carbocycles. The summed E-state index contributed by atoms with van der Waals surface area (Å²) in [4.78, 5) is 30.7. The minimum Gasteiger partial charge on any atom is -0.362 e. The van der Waals surface area contributed by atoms with E-state index in [4.69, 9.17) is 0 Å². The van der Waals surface area contributed by atoms with Crippen molar-refractivity contribution in [3.63, 3.8) is 0 Å². The first-order valence-electron chi connectivity index (χ1n) is 10.1. The molecule has 5 nitrogen and oxygen atoms in total. The number of carbonyl (C=O) groups is 2. The summed E-state index contributed by atoms with van der Waals surface area (Å²) in [6.45, 7) is 5.73. The lowest BCUT2D eigenvalue weighted by Crippen LogP contribution is -2.37. The Balaban J connectivity index is 1.79. The van der Waals surface area contributed by atoms with Gasteiger partial charge in [-0.15, -0.1) is 0 Å². The van der Waals surface area contributed by atoms with Crippen molar-refractivity contribution in [3.05, 3.63) is 82.1 Å². The van der Waals surface area contributed by atoms with Crippen molar-refractivity contribution < 1.29 is 14.0 Å². The normalized spacial score (nSPS) is 21.3. The van der Waals surface area contributed by atoms with E-state index in [-0.39, 0.29) is 23.4 Å². The average molecular weight is 405 g/mol. The van der Waals surface area contributed by atoms with Crippen molar-refractivity contribution in [2.45, 2.75) is 39.5 Å². The van der Waals surface area contributed by atoms with Crippen LogP contribution in [0.5, 0.6) is 0 Å². The fourth-order valence-electron chi connectivity index (χ4n) is 4.32. The van der Waals surface area contributed by atoms with Gasteiger partial charge in [0.25, 0.3) is 5.91 Å². The second kappa shape index (κ2) is 7.86. The molecule has 0 unspecified atom stereocenters. The SMILES string of the molecule is CC1=C(C(=O)Nc2cccc(C)n2)[C@@H](c2ccc(F)cc2)C2=C(C[C@H](C)CC2=O)N1. The van der Waals surface area contributed by atoms with Crippen molar-refractivity contribution in [3.8, 4) is 0 Å². The molecule has 6 heteroatoms. The number of aryl methyl sites for hydroxylation is 1. The summed E-state index contributed by atoms with van der Waals surface area (Å²) >= 11 is 0. The molecule has 30 heavy (non-hydrogen) atoms. The van der Waals surface area contributed by atoms with Crippen LogP contribution in [0.4, 0.5) is 10.2 Å². The van der Waals surface area contributed by atoms with Crippen LogP contribution in [0, 0.1) is 18.7 Å². The molecule has 0 radical (unpaired) electrons. The summed E-state index contributed by atoms with van der Waals surface area (Å²) in [5.74, 6) is -0.533. The molecule has 154 valence electrons. The molecule has 0 saturated heterocycles. The minimum absolute atomic E-state index is 0.0251. The molecule has 1 amide bonds. The van der Waals surface area contributed by atoms with Gasteiger partial charge in [0.15, 0.2) is 5.78 Å². The predicted molar refractivity (Wildman–Crippen MR) is 113 cm³/mol. The highest BCUT2D eigenvalue weighted by molar-refractivity contribution is 6.09. The number of rotatable bonds is 3. The zero-order chi connectivity index (χ0) is 21.4. The number of pyridine rings is 1. The molecule has 0 fully saturated rings. The Morgan fingerprint density at radius 1 is 1.13 bits per heavy atom. The summed E-state index contributed by atoms with van der Waals surface area (Å²) in [7, 11) is 0. The van der Waals surface area contributed by atoms with Crippen LogP contribution in [0.3, 0.4) is 0 Å². The number of ketones is 1. The number of nitrogens with one attached hydrogen (secondary N) is 2. The molecule has 2 N–H and O–H groups in total. The zero-order valence-electron chi connectivity index (χ0n) is 17.3. The minimum atomic E-state index is -0.549. The molecular formula is C24H24FN3O2. The van der Waals surface area contributed by atoms with Crippen LogP contribution in [0.15, 0.2) is 65.0 Å². The number of aromatic nitrogens is 1. The monoisotopic (exact) mass is 405 g/mol. The highest BCUT2D eigenvalue weighted by Crippen LogP contribution is 2.43. The summed E-state index contributed by atoms with van der Waals surface area (Å²) in [5.41, 5.74) is 4.11. The maximum Gasteiger partial charge on any atom is 0.255 e. The summed E-state index contributed by atoms with van der Waals surface area (Å²) in [6.07, 6.45) is 1.18. The Hall–Kier alpha value is -3.28. The third-order valence-electron chi connectivity index (χ3n) is 5.61.